The van der Waals surface area contributed by atoms with Crippen LogP contribution in [0.3, 0.4) is 0 Å². The van der Waals surface area contributed by atoms with Crippen molar-refractivity contribution in [2.24, 2.45) is 0 Å². The molecule has 0 aliphatic heterocycles. The van der Waals surface area contributed by atoms with Crippen molar-refractivity contribution in [3.63, 3.8) is 0 Å². The van der Waals surface area contributed by atoms with Crippen LogP contribution in [-0.4, -0.2) is 0 Å². The van der Waals surface area contributed by atoms with Crippen molar-refractivity contribution in [3.8, 4) is 11.3 Å². The van der Waals surface area contributed by atoms with Crippen LogP contribution in [-0.2, 0) is 13.1 Å². The number of benzene rings is 2. The van der Waals surface area contributed by atoms with Gasteiger partial charge in [-0.1, -0.05) is 53.0 Å². The van der Waals surface area contributed by atoms with Crippen molar-refractivity contribution < 1.29 is 4.42 Å². The van der Waals surface area contributed by atoms with Gasteiger partial charge < -0.3 is 9.73 Å². The first-order chi connectivity index (χ1) is 11.1. The van der Waals surface area contributed by atoms with E-state index in [0.717, 1.165) is 27.7 Å². The predicted octanol–water partition coefficient (Wildman–Crippen LogP) is 6.20. The van der Waals surface area contributed by atoms with Crippen LogP contribution >= 0.6 is 34.8 Å². The summed E-state index contributed by atoms with van der Waals surface area (Å²) in [7, 11) is 0. The molecule has 1 aromatic heterocycles. The van der Waals surface area contributed by atoms with Crippen LogP contribution in [0.25, 0.3) is 11.3 Å². The monoisotopic (exact) mass is 365 g/mol. The quantitative estimate of drug-likeness (QED) is 0.582. The molecule has 1 heterocycles. The smallest absolute Gasteiger partial charge is 0.135 e. The summed E-state index contributed by atoms with van der Waals surface area (Å²) in [6.45, 7) is 1.29. The Morgan fingerprint density at radius 1 is 0.826 bits per heavy atom. The van der Waals surface area contributed by atoms with Gasteiger partial charge in [-0.05, 0) is 42.0 Å². The van der Waals surface area contributed by atoms with Crippen LogP contribution in [0.5, 0.6) is 0 Å². The summed E-state index contributed by atoms with van der Waals surface area (Å²) in [5.74, 6) is 1.55. The van der Waals surface area contributed by atoms with E-state index in [4.69, 9.17) is 39.2 Å². The molecular formula is C18H14Cl3NO. The SMILES string of the molecule is Clc1ccc(-c2ccc(CNCc3ccccc3Cl)o2)c(Cl)c1. The fourth-order valence-corrected chi connectivity index (χ4v) is 2.97. The van der Waals surface area contributed by atoms with Gasteiger partial charge in [-0.3, -0.25) is 0 Å². The number of halogens is 3. The molecule has 0 aliphatic carbocycles. The van der Waals surface area contributed by atoms with Gasteiger partial charge in [0, 0.05) is 22.2 Å². The summed E-state index contributed by atoms with van der Waals surface area (Å²) in [6, 6.07) is 16.9. The summed E-state index contributed by atoms with van der Waals surface area (Å²) in [5, 5.41) is 5.25. The summed E-state index contributed by atoms with van der Waals surface area (Å²) in [6.07, 6.45) is 0. The Morgan fingerprint density at radius 2 is 1.65 bits per heavy atom. The molecule has 0 saturated heterocycles. The molecule has 0 fully saturated rings. The van der Waals surface area contributed by atoms with E-state index in [1.807, 2.05) is 42.5 Å². The molecule has 0 aliphatic rings. The highest BCUT2D eigenvalue weighted by Crippen LogP contribution is 2.31. The highest BCUT2D eigenvalue weighted by atomic mass is 35.5. The fraction of sp³-hybridized carbons (Fsp3) is 0.111. The summed E-state index contributed by atoms with van der Waals surface area (Å²) < 4.78 is 5.84. The molecule has 1 N–H and O–H groups in total. The third-order valence-electron chi connectivity index (χ3n) is 3.43. The maximum absolute atomic E-state index is 6.20. The number of nitrogens with one attached hydrogen (secondary N) is 1. The minimum absolute atomic E-state index is 0.572. The van der Waals surface area contributed by atoms with Crippen LogP contribution in [0.1, 0.15) is 11.3 Å². The second-order valence-corrected chi connectivity index (χ2v) is 6.34. The Balaban J connectivity index is 1.65. The van der Waals surface area contributed by atoms with Crippen molar-refractivity contribution in [2.45, 2.75) is 13.1 Å². The van der Waals surface area contributed by atoms with Gasteiger partial charge in [0.25, 0.3) is 0 Å². The third kappa shape index (κ3) is 4.10. The number of rotatable bonds is 5. The molecule has 0 radical (unpaired) electrons. The Kier molecular flexibility index (Phi) is 5.29. The average molecular weight is 367 g/mol. The highest BCUT2D eigenvalue weighted by Gasteiger charge is 2.09. The zero-order valence-electron chi connectivity index (χ0n) is 12.2. The molecule has 0 bridgehead atoms. The molecule has 0 atom stereocenters. The van der Waals surface area contributed by atoms with Gasteiger partial charge in [0.15, 0.2) is 0 Å². The highest BCUT2D eigenvalue weighted by molar-refractivity contribution is 6.36. The van der Waals surface area contributed by atoms with E-state index in [9.17, 15) is 0 Å². The maximum atomic E-state index is 6.20. The van der Waals surface area contributed by atoms with Gasteiger partial charge in [0.1, 0.15) is 11.5 Å². The number of hydrogen-bond acceptors (Lipinski definition) is 2. The predicted molar refractivity (Wildman–Crippen MR) is 96.2 cm³/mol. The number of furan rings is 1. The van der Waals surface area contributed by atoms with Crippen molar-refractivity contribution in [2.75, 3.05) is 0 Å². The third-order valence-corrected chi connectivity index (χ3v) is 4.35. The van der Waals surface area contributed by atoms with E-state index in [-0.39, 0.29) is 0 Å². The van der Waals surface area contributed by atoms with Crippen LogP contribution in [0.4, 0.5) is 0 Å². The Labute approximate surface area is 150 Å². The molecule has 2 nitrogen and oxygen atoms in total. The number of hydrogen-bond donors (Lipinski definition) is 1. The molecule has 0 unspecified atom stereocenters. The first-order valence-electron chi connectivity index (χ1n) is 7.12. The van der Waals surface area contributed by atoms with E-state index < -0.39 is 0 Å². The van der Waals surface area contributed by atoms with Crippen molar-refractivity contribution >= 4 is 34.8 Å². The molecule has 5 heteroatoms. The van der Waals surface area contributed by atoms with Gasteiger partial charge in [-0.15, -0.1) is 0 Å². The first-order valence-corrected chi connectivity index (χ1v) is 8.25. The zero-order chi connectivity index (χ0) is 16.2. The second kappa shape index (κ2) is 7.41. The van der Waals surface area contributed by atoms with E-state index in [1.54, 1.807) is 12.1 Å². The lowest BCUT2D eigenvalue weighted by Crippen LogP contribution is -2.12. The largest absolute Gasteiger partial charge is 0.460 e. The lowest BCUT2D eigenvalue weighted by atomic mass is 10.2. The minimum atomic E-state index is 0.572. The Morgan fingerprint density at radius 3 is 2.43 bits per heavy atom. The summed E-state index contributed by atoms with van der Waals surface area (Å²) in [5.41, 5.74) is 1.88. The first kappa shape index (κ1) is 16.4. The van der Waals surface area contributed by atoms with Gasteiger partial charge in [-0.2, -0.15) is 0 Å². The second-order valence-electron chi connectivity index (χ2n) is 5.09. The van der Waals surface area contributed by atoms with Crippen molar-refractivity contribution in [3.05, 3.63) is 81.0 Å². The van der Waals surface area contributed by atoms with Crippen LogP contribution in [0.15, 0.2) is 59.0 Å². The molecule has 23 heavy (non-hydrogen) atoms. The van der Waals surface area contributed by atoms with E-state index in [2.05, 4.69) is 5.32 Å². The molecule has 3 aromatic rings. The fourth-order valence-electron chi connectivity index (χ4n) is 2.27. The summed E-state index contributed by atoms with van der Waals surface area (Å²) in [4.78, 5) is 0. The Bertz CT molecular complexity index is 814. The molecular weight excluding hydrogens is 353 g/mol. The van der Waals surface area contributed by atoms with Crippen LogP contribution in [0, 0.1) is 0 Å². The lowest BCUT2D eigenvalue weighted by Gasteiger charge is -2.05. The normalized spacial score (nSPS) is 10.9. The lowest BCUT2D eigenvalue weighted by molar-refractivity contribution is 0.493. The van der Waals surface area contributed by atoms with Crippen LogP contribution < -0.4 is 5.32 Å². The molecule has 0 saturated carbocycles. The van der Waals surface area contributed by atoms with Crippen molar-refractivity contribution in [1.82, 2.24) is 5.32 Å². The van der Waals surface area contributed by atoms with Gasteiger partial charge in [-0.25, -0.2) is 0 Å². The van der Waals surface area contributed by atoms with E-state index in [0.29, 0.717) is 23.1 Å². The average Bonchev–Trinajstić information content (AvgIpc) is 2.98. The van der Waals surface area contributed by atoms with E-state index >= 15 is 0 Å². The summed E-state index contributed by atoms with van der Waals surface area (Å²) >= 11 is 18.2. The van der Waals surface area contributed by atoms with Crippen molar-refractivity contribution in [1.29, 1.82) is 0 Å². The molecule has 0 amide bonds. The molecule has 0 spiro atoms. The van der Waals surface area contributed by atoms with Crippen LogP contribution in [0.2, 0.25) is 15.1 Å². The maximum Gasteiger partial charge on any atom is 0.135 e. The minimum Gasteiger partial charge on any atom is -0.460 e. The molecule has 118 valence electrons. The Hall–Kier alpha value is -1.45. The standard InChI is InChI=1S/C18H14Cl3NO/c19-13-5-7-15(17(21)9-13)18-8-6-14(23-18)11-22-10-12-3-1-2-4-16(12)20/h1-9,22H,10-11H2. The molecule has 3 rings (SSSR count). The topological polar surface area (TPSA) is 25.2 Å². The molecule has 2 aromatic carbocycles. The van der Waals surface area contributed by atoms with Gasteiger partial charge in [0.2, 0.25) is 0 Å². The van der Waals surface area contributed by atoms with E-state index in [1.165, 1.54) is 0 Å². The van der Waals surface area contributed by atoms with Gasteiger partial charge in [0.05, 0.1) is 11.6 Å². The van der Waals surface area contributed by atoms with Gasteiger partial charge >= 0.3 is 0 Å². The zero-order valence-corrected chi connectivity index (χ0v) is 14.4.